The number of rotatable bonds is 6. The summed E-state index contributed by atoms with van der Waals surface area (Å²) in [4.78, 5) is 11.9. The summed E-state index contributed by atoms with van der Waals surface area (Å²) in [5.41, 5.74) is 3.06. The Balaban J connectivity index is 1.75. The molecule has 0 radical (unpaired) electrons. The maximum absolute atomic E-state index is 11.9. The summed E-state index contributed by atoms with van der Waals surface area (Å²) in [5, 5.41) is 5.66. The SMILES string of the molecule is CCc1ccccc1NC(=O)NCCOc1ccccc1C. The summed E-state index contributed by atoms with van der Waals surface area (Å²) < 4.78 is 5.64. The highest BCUT2D eigenvalue weighted by molar-refractivity contribution is 5.90. The van der Waals surface area contributed by atoms with Crippen molar-refractivity contribution in [3.8, 4) is 5.75 Å². The van der Waals surface area contributed by atoms with Crippen LogP contribution >= 0.6 is 0 Å². The van der Waals surface area contributed by atoms with Crippen molar-refractivity contribution in [3.05, 3.63) is 59.7 Å². The van der Waals surface area contributed by atoms with E-state index >= 15 is 0 Å². The van der Waals surface area contributed by atoms with E-state index in [0.29, 0.717) is 13.2 Å². The van der Waals surface area contributed by atoms with Gasteiger partial charge in [-0.2, -0.15) is 0 Å². The van der Waals surface area contributed by atoms with Crippen molar-refractivity contribution < 1.29 is 9.53 Å². The predicted octanol–water partition coefficient (Wildman–Crippen LogP) is 3.76. The van der Waals surface area contributed by atoms with E-state index in [1.165, 1.54) is 0 Å². The van der Waals surface area contributed by atoms with Crippen molar-refractivity contribution in [2.45, 2.75) is 20.3 Å². The van der Waals surface area contributed by atoms with Gasteiger partial charge in [0, 0.05) is 5.69 Å². The third kappa shape index (κ3) is 4.52. The van der Waals surface area contributed by atoms with Gasteiger partial charge in [0.05, 0.1) is 6.54 Å². The fourth-order valence-electron chi connectivity index (χ4n) is 2.16. The van der Waals surface area contributed by atoms with Gasteiger partial charge >= 0.3 is 6.03 Å². The van der Waals surface area contributed by atoms with Crippen LogP contribution in [0.1, 0.15) is 18.1 Å². The minimum atomic E-state index is -0.214. The van der Waals surface area contributed by atoms with Gasteiger partial charge in [-0.05, 0) is 36.6 Å². The Morgan fingerprint density at radius 1 is 1.09 bits per heavy atom. The molecule has 0 spiro atoms. The number of hydrogen-bond donors (Lipinski definition) is 2. The molecular formula is C18H22N2O2. The van der Waals surface area contributed by atoms with E-state index < -0.39 is 0 Å². The fraction of sp³-hybridized carbons (Fsp3) is 0.278. The molecule has 0 aliphatic heterocycles. The molecule has 0 saturated carbocycles. The Hall–Kier alpha value is -2.49. The van der Waals surface area contributed by atoms with Crippen molar-refractivity contribution in [2.24, 2.45) is 0 Å². The van der Waals surface area contributed by atoms with Crippen LogP contribution in [0, 0.1) is 6.92 Å². The number of nitrogens with one attached hydrogen (secondary N) is 2. The van der Waals surface area contributed by atoms with Gasteiger partial charge in [0.2, 0.25) is 0 Å². The number of carbonyl (C=O) groups excluding carboxylic acids is 1. The first kappa shape index (κ1) is 15.9. The van der Waals surface area contributed by atoms with E-state index in [4.69, 9.17) is 4.74 Å². The third-order valence-corrected chi connectivity index (χ3v) is 3.39. The quantitative estimate of drug-likeness (QED) is 0.798. The fourth-order valence-corrected chi connectivity index (χ4v) is 2.16. The second kappa shape index (κ2) is 8.08. The molecule has 2 amide bonds. The largest absolute Gasteiger partial charge is 0.491 e. The molecule has 0 saturated heterocycles. The first-order chi connectivity index (χ1) is 10.7. The number of benzene rings is 2. The second-order valence-corrected chi connectivity index (χ2v) is 5.01. The third-order valence-electron chi connectivity index (χ3n) is 3.39. The van der Waals surface area contributed by atoms with Crippen LogP contribution in [-0.2, 0) is 6.42 Å². The molecule has 22 heavy (non-hydrogen) atoms. The van der Waals surface area contributed by atoms with Crippen LogP contribution in [0.25, 0.3) is 0 Å². The molecule has 0 bridgehead atoms. The molecule has 4 nitrogen and oxygen atoms in total. The molecule has 0 fully saturated rings. The lowest BCUT2D eigenvalue weighted by Crippen LogP contribution is -2.32. The molecule has 0 heterocycles. The number of amides is 2. The van der Waals surface area contributed by atoms with Gasteiger partial charge in [-0.3, -0.25) is 0 Å². The lowest BCUT2D eigenvalue weighted by molar-refractivity contribution is 0.247. The smallest absolute Gasteiger partial charge is 0.319 e. The predicted molar refractivity (Wildman–Crippen MR) is 89.5 cm³/mol. The van der Waals surface area contributed by atoms with Crippen molar-refractivity contribution in [1.29, 1.82) is 0 Å². The number of hydrogen-bond acceptors (Lipinski definition) is 2. The number of anilines is 1. The lowest BCUT2D eigenvalue weighted by Gasteiger charge is -2.12. The van der Waals surface area contributed by atoms with Crippen molar-refractivity contribution >= 4 is 11.7 Å². The summed E-state index contributed by atoms with van der Waals surface area (Å²) >= 11 is 0. The van der Waals surface area contributed by atoms with Gasteiger partial charge in [-0.25, -0.2) is 4.79 Å². The van der Waals surface area contributed by atoms with Gasteiger partial charge in [0.15, 0.2) is 0 Å². The zero-order valence-corrected chi connectivity index (χ0v) is 13.1. The average Bonchev–Trinajstić information content (AvgIpc) is 2.53. The Morgan fingerprint density at radius 3 is 2.59 bits per heavy atom. The zero-order chi connectivity index (χ0) is 15.8. The van der Waals surface area contributed by atoms with Crippen LogP contribution < -0.4 is 15.4 Å². The van der Waals surface area contributed by atoms with Gasteiger partial charge in [0.1, 0.15) is 12.4 Å². The Labute approximate surface area is 131 Å². The molecule has 0 aliphatic carbocycles. The van der Waals surface area contributed by atoms with Crippen molar-refractivity contribution in [1.82, 2.24) is 5.32 Å². The van der Waals surface area contributed by atoms with E-state index in [2.05, 4.69) is 17.6 Å². The normalized spacial score (nSPS) is 10.1. The maximum Gasteiger partial charge on any atom is 0.319 e. The summed E-state index contributed by atoms with van der Waals surface area (Å²) in [5.74, 6) is 0.848. The van der Waals surface area contributed by atoms with E-state index in [1.807, 2.05) is 55.5 Å². The molecule has 2 aromatic carbocycles. The van der Waals surface area contributed by atoms with Crippen LogP contribution in [0.2, 0.25) is 0 Å². The number of aryl methyl sites for hydroxylation is 2. The minimum Gasteiger partial charge on any atom is -0.491 e. The molecule has 116 valence electrons. The Morgan fingerprint density at radius 2 is 1.82 bits per heavy atom. The van der Waals surface area contributed by atoms with Crippen LogP contribution in [0.5, 0.6) is 5.75 Å². The second-order valence-electron chi connectivity index (χ2n) is 5.01. The highest BCUT2D eigenvalue weighted by atomic mass is 16.5. The zero-order valence-electron chi connectivity index (χ0n) is 13.1. The first-order valence-corrected chi connectivity index (χ1v) is 7.52. The van der Waals surface area contributed by atoms with Gasteiger partial charge in [0.25, 0.3) is 0 Å². The van der Waals surface area contributed by atoms with Crippen molar-refractivity contribution in [2.75, 3.05) is 18.5 Å². The highest BCUT2D eigenvalue weighted by Gasteiger charge is 2.04. The van der Waals surface area contributed by atoms with Crippen LogP contribution in [-0.4, -0.2) is 19.2 Å². The number of ether oxygens (including phenoxy) is 1. The molecule has 2 rings (SSSR count). The molecule has 0 aliphatic rings. The molecule has 0 aromatic heterocycles. The molecule has 0 unspecified atom stereocenters. The molecule has 4 heteroatoms. The molecule has 2 N–H and O–H groups in total. The van der Waals surface area contributed by atoms with E-state index in [0.717, 1.165) is 29.0 Å². The lowest BCUT2D eigenvalue weighted by atomic mass is 10.1. The molecule has 2 aromatic rings. The van der Waals surface area contributed by atoms with Crippen molar-refractivity contribution in [3.63, 3.8) is 0 Å². The van der Waals surface area contributed by atoms with Gasteiger partial charge in [-0.15, -0.1) is 0 Å². The summed E-state index contributed by atoms with van der Waals surface area (Å²) in [6.07, 6.45) is 0.882. The first-order valence-electron chi connectivity index (χ1n) is 7.52. The summed E-state index contributed by atoms with van der Waals surface area (Å²) in [6, 6.07) is 15.4. The topological polar surface area (TPSA) is 50.4 Å². The summed E-state index contributed by atoms with van der Waals surface area (Å²) in [6.45, 7) is 4.95. The maximum atomic E-state index is 11.9. The summed E-state index contributed by atoms with van der Waals surface area (Å²) in [7, 11) is 0. The minimum absolute atomic E-state index is 0.214. The van der Waals surface area contributed by atoms with Crippen LogP contribution in [0.3, 0.4) is 0 Å². The van der Waals surface area contributed by atoms with Gasteiger partial charge in [-0.1, -0.05) is 43.3 Å². The van der Waals surface area contributed by atoms with E-state index in [-0.39, 0.29) is 6.03 Å². The average molecular weight is 298 g/mol. The monoisotopic (exact) mass is 298 g/mol. The Kier molecular flexibility index (Phi) is 5.83. The van der Waals surface area contributed by atoms with Gasteiger partial charge < -0.3 is 15.4 Å². The number of carbonyl (C=O) groups is 1. The van der Waals surface area contributed by atoms with Crippen LogP contribution in [0.15, 0.2) is 48.5 Å². The number of para-hydroxylation sites is 2. The standard InChI is InChI=1S/C18H22N2O2/c1-3-15-9-5-6-10-16(15)20-18(21)19-12-13-22-17-11-7-4-8-14(17)2/h4-11H,3,12-13H2,1-2H3,(H2,19,20,21). The highest BCUT2D eigenvalue weighted by Crippen LogP contribution is 2.16. The Bertz CT molecular complexity index is 626. The molecular weight excluding hydrogens is 276 g/mol. The number of urea groups is 1. The van der Waals surface area contributed by atoms with Crippen LogP contribution in [0.4, 0.5) is 10.5 Å². The van der Waals surface area contributed by atoms with E-state index in [1.54, 1.807) is 0 Å². The molecule has 0 atom stereocenters. The van der Waals surface area contributed by atoms with E-state index in [9.17, 15) is 4.79 Å².